The molecule has 0 spiro atoms. The van der Waals surface area contributed by atoms with Crippen LogP contribution in [-0.4, -0.2) is 23.9 Å². The molecule has 0 saturated heterocycles. The van der Waals surface area contributed by atoms with Gasteiger partial charge in [-0.3, -0.25) is 0 Å². The predicted octanol–water partition coefficient (Wildman–Crippen LogP) is 2.95. The Morgan fingerprint density at radius 1 is 1.41 bits per heavy atom. The highest BCUT2D eigenvalue weighted by atomic mass is 35.5. The molecule has 0 heterocycles. The third-order valence-electron chi connectivity index (χ3n) is 2.47. The largest absolute Gasteiger partial charge is 0.506 e. The summed E-state index contributed by atoms with van der Waals surface area (Å²) in [7, 11) is 0. The lowest BCUT2D eigenvalue weighted by atomic mass is 10.1. The van der Waals surface area contributed by atoms with Gasteiger partial charge in [0.25, 0.3) is 0 Å². The first-order chi connectivity index (χ1) is 7.96. The van der Waals surface area contributed by atoms with Crippen molar-refractivity contribution in [3.05, 3.63) is 28.8 Å². The minimum absolute atomic E-state index is 0.149. The Morgan fingerprint density at radius 2 is 2.12 bits per heavy atom. The normalized spacial score (nSPS) is 11.8. The average molecular weight is 258 g/mol. The third kappa shape index (κ3) is 4.54. The number of ether oxygens (including phenoxy) is 1. The molecule has 4 heteroatoms. The Kier molecular flexibility index (Phi) is 5.25. The van der Waals surface area contributed by atoms with Crippen LogP contribution in [0.3, 0.4) is 0 Å². The summed E-state index contributed by atoms with van der Waals surface area (Å²) < 4.78 is 5.57. The van der Waals surface area contributed by atoms with E-state index >= 15 is 0 Å². The fourth-order valence-corrected chi connectivity index (χ4v) is 1.84. The molecule has 0 aromatic heterocycles. The zero-order chi connectivity index (χ0) is 12.9. The molecule has 0 aliphatic heterocycles. The molecule has 0 unspecified atom stereocenters. The molecule has 0 amide bonds. The Labute approximate surface area is 108 Å². The Bertz CT molecular complexity index is 366. The lowest BCUT2D eigenvalue weighted by molar-refractivity contribution is -0.00900. The van der Waals surface area contributed by atoms with E-state index in [1.165, 1.54) is 0 Å². The van der Waals surface area contributed by atoms with Crippen LogP contribution in [0.2, 0.25) is 5.02 Å². The summed E-state index contributed by atoms with van der Waals surface area (Å²) in [4.78, 5) is 0. The summed E-state index contributed by atoms with van der Waals surface area (Å²) >= 11 is 5.83. The molecule has 2 N–H and O–H groups in total. The first-order valence-corrected chi connectivity index (χ1v) is 6.15. The van der Waals surface area contributed by atoms with E-state index in [0.29, 0.717) is 24.7 Å². The van der Waals surface area contributed by atoms with Gasteiger partial charge in [0.1, 0.15) is 5.75 Å². The molecule has 3 nitrogen and oxygen atoms in total. The fourth-order valence-electron chi connectivity index (χ4n) is 1.64. The number of halogens is 1. The molecule has 0 fully saturated rings. The van der Waals surface area contributed by atoms with E-state index in [9.17, 15) is 5.11 Å². The zero-order valence-corrected chi connectivity index (χ0v) is 11.3. The molecule has 0 aliphatic carbocycles. The quantitative estimate of drug-likeness (QED) is 0.823. The van der Waals surface area contributed by atoms with Gasteiger partial charge in [0.15, 0.2) is 0 Å². The maximum absolute atomic E-state index is 9.73. The van der Waals surface area contributed by atoms with Crippen LogP contribution in [-0.2, 0) is 11.3 Å². The topological polar surface area (TPSA) is 41.5 Å². The van der Waals surface area contributed by atoms with Crippen molar-refractivity contribution in [2.45, 2.75) is 32.9 Å². The summed E-state index contributed by atoms with van der Waals surface area (Å²) in [6.45, 7) is 8.01. The molecule has 0 aliphatic rings. The van der Waals surface area contributed by atoms with Crippen LogP contribution in [0.4, 0.5) is 0 Å². The van der Waals surface area contributed by atoms with Gasteiger partial charge in [0.05, 0.1) is 10.6 Å². The molecule has 17 heavy (non-hydrogen) atoms. The first kappa shape index (κ1) is 14.3. The van der Waals surface area contributed by atoms with Crippen LogP contribution in [0.15, 0.2) is 18.2 Å². The molecular formula is C13H20ClNO2. The maximum atomic E-state index is 9.73. The number of benzene rings is 1. The van der Waals surface area contributed by atoms with Crippen molar-refractivity contribution >= 4 is 11.6 Å². The summed E-state index contributed by atoms with van der Waals surface area (Å²) in [5, 5.41) is 13.4. The van der Waals surface area contributed by atoms with Gasteiger partial charge in [-0.1, -0.05) is 23.7 Å². The van der Waals surface area contributed by atoms with Gasteiger partial charge in [-0.2, -0.15) is 0 Å². The summed E-state index contributed by atoms with van der Waals surface area (Å²) in [6.07, 6.45) is 0. The van der Waals surface area contributed by atoms with Gasteiger partial charge in [-0.05, 0) is 26.8 Å². The summed E-state index contributed by atoms with van der Waals surface area (Å²) in [5.74, 6) is 0.149. The van der Waals surface area contributed by atoms with Crippen LogP contribution in [0, 0.1) is 0 Å². The SMILES string of the molecule is CCOC(C)(C)CNCc1cccc(Cl)c1O. The highest BCUT2D eigenvalue weighted by Crippen LogP contribution is 2.26. The van der Waals surface area contributed by atoms with Crippen molar-refractivity contribution < 1.29 is 9.84 Å². The minimum atomic E-state index is -0.205. The van der Waals surface area contributed by atoms with Crippen molar-refractivity contribution in [1.29, 1.82) is 0 Å². The second kappa shape index (κ2) is 6.24. The van der Waals surface area contributed by atoms with Crippen molar-refractivity contribution in [3.63, 3.8) is 0 Å². The van der Waals surface area contributed by atoms with Crippen LogP contribution >= 0.6 is 11.6 Å². The molecule has 1 aromatic rings. The lowest BCUT2D eigenvalue weighted by Crippen LogP contribution is -2.37. The molecule has 1 aromatic carbocycles. The van der Waals surface area contributed by atoms with Gasteiger partial charge >= 0.3 is 0 Å². The molecule has 1 rings (SSSR count). The second-order valence-corrected chi connectivity index (χ2v) is 4.95. The number of para-hydroxylation sites is 1. The van der Waals surface area contributed by atoms with Crippen LogP contribution < -0.4 is 5.32 Å². The lowest BCUT2D eigenvalue weighted by Gasteiger charge is -2.25. The average Bonchev–Trinajstić information content (AvgIpc) is 2.24. The molecule has 96 valence electrons. The highest BCUT2D eigenvalue weighted by molar-refractivity contribution is 6.32. The third-order valence-corrected chi connectivity index (χ3v) is 2.78. The highest BCUT2D eigenvalue weighted by Gasteiger charge is 2.17. The number of rotatable bonds is 6. The van der Waals surface area contributed by atoms with E-state index in [1.807, 2.05) is 32.9 Å². The predicted molar refractivity (Wildman–Crippen MR) is 70.5 cm³/mol. The van der Waals surface area contributed by atoms with E-state index in [-0.39, 0.29) is 11.4 Å². The van der Waals surface area contributed by atoms with E-state index in [4.69, 9.17) is 16.3 Å². The number of hydrogen-bond donors (Lipinski definition) is 2. The standard InChI is InChI=1S/C13H20ClNO2/c1-4-17-13(2,3)9-15-8-10-6-5-7-11(14)12(10)16/h5-7,15-16H,4,8-9H2,1-3H3. The van der Waals surface area contributed by atoms with Gasteiger partial charge < -0.3 is 15.2 Å². The van der Waals surface area contributed by atoms with Gasteiger partial charge in [0.2, 0.25) is 0 Å². The number of nitrogens with one attached hydrogen (secondary N) is 1. The molecular weight excluding hydrogens is 238 g/mol. The summed E-state index contributed by atoms with van der Waals surface area (Å²) in [5.41, 5.74) is 0.591. The Hall–Kier alpha value is -0.770. The summed E-state index contributed by atoms with van der Waals surface area (Å²) in [6, 6.07) is 5.35. The van der Waals surface area contributed by atoms with Gasteiger partial charge in [-0.25, -0.2) is 0 Å². The first-order valence-electron chi connectivity index (χ1n) is 5.77. The molecule has 0 bridgehead atoms. The number of hydrogen-bond acceptors (Lipinski definition) is 3. The van der Waals surface area contributed by atoms with Crippen molar-refractivity contribution in [2.75, 3.05) is 13.2 Å². The number of aromatic hydroxyl groups is 1. The number of phenols is 1. The number of phenolic OH excluding ortho intramolecular Hbond substituents is 1. The van der Waals surface area contributed by atoms with Crippen LogP contribution in [0.25, 0.3) is 0 Å². The van der Waals surface area contributed by atoms with Crippen LogP contribution in [0.1, 0.15) is 26.3 Å². The van der Waals surface area contributed by atoms with Crippen molar-refractivity contribution in [1.82, 2.24) is 5.32 Å². The smallest absolute Gasteiger partial charge is 0.138 e. The minimum Gasteiger partial charge on any atom is -0.506 e. The maximum Gasteiger partial charge on any atom is 0.138 e. The van der Waals surface area contributed by atoms with E-state index in [1.54, 1.807) is 6.07 Å². The molecule has 0 saturated carbocycles. The molecule has 0 atom stereocenters. The fraction of sp³-hybridized carbons (Fsp3) is 0.538. The zero-order valence-electron chi connectivity index (χ0n) is 10.6. The van der Waals surface area contributed by atoms with Crippen molar-refractivity contribution in [2.24, 2.45) is 0 Å². The van der Waals surface area contributed by atoms with Gasteiger partial charge in [-0.15, -0.1) is 0 Å². The van der Waals surface area contributed by atoms with E-state index < -0.39 is 0 Å². The van der Waals surface area contributed by atoms with E-state index in [0.717, 1.165) is 5.56 Å². The van der Waals surface area contributed by atoms with Gasteiger partial charge in [0, 0.05) is 25.3 Å². The monoisotopic (exact) mass is 257 g/mol. The second-order valence-electron chi connectivity index (χ2n) is 4.54. The van der Waals surface area contributed by atoms with Crippen LogP contribution in [0.5, 0.6) is 5.75 Å². The van der Waals surface area contributed by atoms with E-state index in [2.05, 4.69) is 5.32 Å². The Morgan fingerprint density at radius 3 is 2.76 bits per heavy atom. The van der Waals surface area contributed by atoms with Crippen molar-refractivity contribution in [3.8, 4) is 5.75 Å². The Balaban J connectivity index is 2.49. The molecule has 0 radical (unpaired) electrons.